The summed E-state index contributed by atoms with van der Waals surface area (Å²) in [6.07, 6.45) is 11.4. The lowest BCUT2D eigenvalue weighted by Crippen LogP contribution is -2.76. The van der Waals surface area contributed by atoms with Crippen LogP contribution >= 0.6 is 0 Å². The van der Waals surface area contributed by atoms with Crippen molar-refractivity contribution < 1.29 is 14.9 Å². The highest BCUT2D eigenvalue weighted by Gasteiger charge is 2.34. The van der Waals surface area contributed by atoms with Crippen molar-refractivity contribution in [3.8, 4) is 0 Å². The molecular formula is C31H33N10O2+. The molecule has 3 heterocycles. The number of allylic oxidation sites excluding steroid dienone is 2. The SMILES string of the molecule is CN(C)C/C=C/C(=O)Nc1cccc(N2C(=O)N(Cc3ccccc3)Cc3cnc(N/C(C=N)=C4\N=CC=C[NH2+]4)nc32)c1. The fourth-order valence-corrected chi connectivity index (χ4v) is 4.52. The Balaban J connectivity index is 1.49. The molecule has 43 heavy (non-hydrogen) atoms. The summed E-state index contributed by atoms with van der Waals surface area (Å²) in [5.41, 5.74) is 3.21. The average Bonchev–Trinajstić information content (AvgIpc) is 3.01. The molecule has 0 saturated heterocycles. The third-order valence-corrected chi connectivity index (χ3v) is 6.54. The van der Waals surface area contributed by atoms with Gasteiger partial charge in [0.25, 0.3) is 5.82 Å². The highest BCUT2D eigenvalue weighted by atomic mass is 16.2. The maximum atomic E-state index is 14.1. The molecule has 12 nitrogen and oxygen atoms in total. The van der Waals surface area contributed by atoms with E-state index in [9.17, 15) is 9.59 Å². The average molecular weight is 578 g/mol. The van der Waals surface area contributed by atoms with Gasteiger partial charge in [0, 0.05) is 55.1 Å². The molecule has 0 fully saturated rings. The number of nitrogens with zero attached hydrogens (tertiary/aromatic N) is 6. The molecule has 5 N–H and O–H groups in total. The van der Waals surface area contributed by atoms with Gasteiger partial charge in [0.05, 0.1) is 12.2 Å². The van der Waals surface area contributed by atoms with Crippen molar-refractivity contribution in [3.63, 3.8) is 0 Å². The lowest BCUT2D eigenvalue weighted by Gasteiger charge is -2.36. The van der Waals surface area contributed by atoms with Gasteiger partial charge in [-0.2, -0.15) is 4.98 Å². The number of nitrogens with two attached hydrogens (primary N) is 1. The van der Waals surface area contributed by atoms with E-state index >= 15 is 0 Å². The third-order valence-electron chi connectivity index (χ3n) is 6.54. The van der Waals surface area contributed by atoms with E-state index in [1.807, 2.05) is 55.5 Å². The summed E-state index contributed by atoms with van der Waals surface area (Å²) in [7, 11) is 3.85. The lowest BCUT2D eigenvalue weighted by molar-refractivity contribution is -0.537. The molecule has 0 bridgehead atoms. The maximum absolute atomic E-state index is 14.1. The van der Waals surface area contributed by atoms with Crippen LogP contribution in [0.1, 0.15) is 11.1 Å². The van der Waals surface area contributed by atoms with Crippen molar-refractivity contribution in [3.05, 3.63) is 108 Å². The fraction of sp³-hybridized carbons (Fsp3) is 0.161. The number of quaternary nitrogens is 1. The normalized spacial score (nSPS) is 15.6. The van der Waals surface area contributed by atoms with Crippen LogP contribution in [0.2, 0.25) is 0 Å². The first-order valence-electron chi connectivity index (χ1n) is 13.7. The van der Waals surface area contributed by atoms with E-state index in [0.717, 1.165) is 17.3 Å². The molecular weight excluding hydrogens is 544 g/mol. The second kappa shape index (κ2) is 13.5. The van der Waals surface area contributed by atoms with Crippen molar-refractivity contribution in [1.82, 2.24) is 19.8 Å². The quantitative estimate of drug-likeness (QED) is 0.215. The van der Waals surface area contributed by atoms with Gasteiger partial charge < -0.3 is 25.8 Å². The Morgan fingerprint density at radius 3 is 2.72 bits per heavy atom. The number of carbonyl (C=O) groups is 2. The number of amides is 3. The predicted molar refractivity (Wildman–Crippen MR) is 167 cm³/mol. The molecule has 0 saturated carbocycles. The number of nitrogens with one attached hydrogen (secondary N) is 3. The minimum Gasteiger partial charge on any atom is -0.322 e. The number of likely N-dealkylation sites (N-methyl/N-ethyl adjacent to an activating group) is 1. The number of hydrogen-bond donors (Lipinski definition) is 4. The summed E-state index contributed by atoms with van der Waals surface area (Å²) in [6, 6.07) is 16.6. The zero-order valence-corrected chi connectivity index (χ0v) is 23.9. The summed E-state index contributed by atoms with van der Waals surface area (Å²) in [5, 5.41) is 15.6. The molecule has 3 aromatic rings. The van der Waals surface area contributed by atoms with Crippen LogP contribution < -0.4 is 20.9 Å². The summed E-state index contributed by atoms with van der Waals surface area (Å²) < 4.78 is 0. The van der Waals surface area contributed by atoms with Gasteiger partial charge in [0.1, 0.15) is 11.9 Å². The van der Waals surface area contributed by atoms with Gasteiger partial charge >= 0.3 is 6.03 Å². The Labute approximate surface area is 249 Å². The van der Waals surface area contributed by atoms with Gasteiger partial charge in [-0.15, -0.1) is 0 Å². The summed E-state index contributed by atoms with van der Waals surface area (Å²) in [4.78, 5) is 45.3. The van der Waals surface area contributed by atoms with Gasteiger partial charge in [-0.3, -0.25) is 10.1 Å². The number of rotatable bonds is 10. The van der Waals surface area contributed by atoms with Crippen LogP contribution in [-0.4, -0.2) is 64.8 Å². The number of benzene rings is 2. The van der Waals surface area contributed by atoms with Crippen LogP contribution in [0.5, 0.6) is 0 Å². The van der Waals surface area contributed by atoms with Crippen molar-refractivity contribution in [2.75, 3.05) is 36.2 Å². The zero-order valence-electron chi connectivity index (χ0n) is 23.9. The number of fused-ring (bicyclic) bond motifs is 1. The summed E-state index contributed by atoms with van der Waals surface area (Å²) in [6.45, 7) is 1.35. The smallest absolute Gasteiger partial charge is 0.322 e. The largest absolute Gasteiger partial charge is 0.330 e. The molecule has 2 aliphatic heterocycles. The van der Waals surface area contributed by atoms with Gasteiger partial charge in [-0.05, 0) is 37.9 Å². The second-order valence-electron chi connectivity index (χ2n) is 10.1. The molecule has 5 rings (SSSR count). The van der Waals surface area contributed by atoms with Crippen LogP contribution in [0.15, 0.2) is 102 Å². The van der Waals surface area contributed by atoms with Crippen LogP contribution in [-0.2, 0) is 17.9 Å². The van der Waals surface area contributed by atoms with E-state index in [2.05, 4.69) is 20.6 Å². The van der Waals surface area contributed by atoms with Crippen molar-refractivity contribution in [2.45, 2.75) is 13.1 Å². The van der Waals surface area contributed by atoms with E-state index in [0.29, 0.717) is 48.3 Å². The van der Waals surface area contributed by atoms with Crippen LogP contribution in [0.3, 0.4) is 0 Å². The van der Waals surface area contributed by atoms with E-state index in [-0.39, 0.29) is 17.9 Å². The molecule has 0 aliphatic carbocycles. The van der Waals surface area contributed by atoms with Crippen LogP contribution in [0.4, 0.5) is 27.9 Å². The fourth-order valence-electron chi connectivity index (χ4n) is 4.52. The molecule has 12 heteroatoms. The molecule has 0 radical (unpaired) electrons. The zero-order chi connectivity index (χ0) is 30.2. The number of urea groups is 1. The Kier molecular flexibility index (Phi) is 9.10. The summed E-state index contributed by atoms with van der Waals surface area (Å²) >= 11 is 0. The molecule has 3 amide bonds. The number of aliphatic imine (C=N–C) groups is 1. The van der Waals surface area contributed by atoms with E-state index in [1.54, 1.807) is 59.0 Å². The van der Waals surface area contributed by atoms with Gasteiger partial charge in [-0.25, -0.2) is 19.7 Å². The Hall–Kier alpha value is -5.46. The van der Waals surface area contributed by atoms with Gasteiger partial charge in [-0.1, -0.05) is 42.5 Å². The van der Waals surface area contributed by atoms with Crippen molar-refractivity contribution in [2.24, 2.45) is 4.99 Å². The molecule has 0 atom stereocenters. The molecule has 2 aliphatic rings. The van der Waals surface area contributed by atoms with E-state index in [4.69, 9.17) is 10.4 Å². The van der Waals surface area contributed by atoms with Gasteiger partial charge in [0.15, 0.2) is 5.82 Å². The van der Waals surface area contributed by atoms with Crippen LogP contribution in [0.25, 0.3) is 0 Å². The van der Waals surface area contributed by atoms with Crippen molar-refractivity contribution in [1.29, 1.82) is 5.41 Å². The van der Waals surface area contributed by atoms with E-state index in [1.165, 1.54) is 11.0 Å². The minimum atomic E-state index is -0.270. The predicted octanol–water partition coefficient (Wildman–Crippen LogP) is 3.20. The number of hydrogen-bond acceptors (Lipinski definition) is 8. The number of carbonyl (C=O) groups excluding carboxylic acids is 2. The van der Waals surface area contributed by atoms with Crippen molar-refractivity contribution >= 4 is 47.5 Å². The standard InChI is InChI=1S/C31H32N10O2/c1-39(2)16-7-13-27(42)36-24-11-6-12-25(17-24)41-29-23(21-40(31(41)43)20-22-9-4-3-5-10-22)19-35-30(38-29)37-26(18-32)28-33-14-8-15-34-28/h3-15,17-19,32-33H,16,20-21H2,1-2H3,(H,36,42)(H,35,37,38)/p+1/b13-7+,28-26-,32-18?. The first-order chi connectivity index (χ1) is 20.9. The van der Waals surface area contributed by atoms with Crippen LogP contribution in [0, 0.1) is 5.41 Å². The third kappa shape index (κ3) is 7.25. The molecule has 0 spiro atoms. The number of anilines is 4. The maximum Gasteiger partial charge on any atom is 0.330 e. The first kappa shape index (κ1) is 29.0. The second-order valence-corrected chi connectivity index (χ2v) is 10.1. The highest BCUT2D eigenvalue weighted by Crippen LogP contribution is 2.35. The minimum absolute atomic E-state index is 0.215. The Morgan fingerprint density at radius 1 is 1.14 bits per heavy atom. The topological polar surface area (TPSA) is 147 Å². The Morgan fingerprint density at radius 2 is 1.98 bits per heavy atom. The Bertz CT molecular complexity index is 1630. The summed E-state index contributed by atoms with van der Waals surface area (Å²) in [5.74, 6) is 0.913. The molecule has 1 aromatic heterocycles. The molecule has 0 unspecified atom stereocenters. The highest BCUT2D eigenvalue weighted by molar-refractivity contribution is 6.03. The lowest BCUT2D eigenvalue weighted by atomic mass is 10.1. The van der Waals surface area contributed by atoms with Gasteiger partial charge in [0.2, 0.25) is 11.9 Å². The number of aromatic nitrogens is 2. The molecule has 2 aromatic carbocycles. The van der Waals surface area contributed by atoms with E-state index < -0.39 is 0 Å². The first-order valence-corrected chi connectivity index (χ1v) is 13.7. The monoisotopic (exact) mass is 577 g/mol. The molecule has 218 valence electrons.